The average molecular weight is 254 g/mol. The van der Waals surface area contributed by atoms with Crippen molar-refractivity contribution >= 4 is 5.91 Å². The number of carbonyl (C=O) groups excluding carboxylic acids is 1. The molecule has 1 aromatic rings. The summed E-state index contributed by atoms with van der Waals surface area (Å²) in [5.74, 6) is -1.74. The van der Waals surface area contributed by atoms with Gasteiger partial charge < -0.3 is 10.6 Å². The van der Waals surface area contributed by atoms with E-state index in [1.165, 1.54) is 11.8 Å². The van der Waals surface area contributed by atoms with Crippen molar-refractivity contribution in [2.24, 2.45) is 5.73 Å². The van der Waals surface area contributed by atoms with Crippen LogP contribution in [0, 0.1) is 18.6 Å². The normalized spacial score (nSPS) is 20.0. The van der Waals surface area contributed by atoms with Gasteiger partial charge >= 0.3 is 0 Å². The van der Waals surface area contributed by atoms with Crippen molar-refractivity contribution in [3.05, 3.63) is 34.9 Å². The summed E-state index contributed by atoms with van der Waals surface area (Å²) in [6.07, 6.45) is 1.65. The van der Waals surface area contributed by atoms with Gasteiger partial charge in [-0.05, 0) is 37.5 Å². The summed E-state index contributed by atoms with van der Waals surface area (Å²) in [6.45, 7) is 2.40. The number of aryl methyl sites for hydroxylation is 1. The number of nitrogens with two attached hydrogens (primary N) is 1. The van der Waals surface area contributed by atoms with Crippen LogP contribution < -0.4 is 5.73 Å². The maximum Gasteiger partial charge on any atom is 0.256 e. The third-order valence-corrected chi connectivity index (χ3v) is 3.22. The summed E-state index contributed by atoms with van der Waals surface area (Å²) in [5.41, 5.74) is 5.75. The van der Waals surface area contributed by atoms with Gasteiger partial charge in [0.15, 0.2) is 0 Å². The van der Waals surface area contributed by atoms with Gasteiger partial charge in [0.2, 0.25) is 0 Å². The van der Waals surface area contributed by atoms with Crippen molar-refractivity contribution in [2.45, 2.75) is 25.8 Å². The van der Waals surface area contributed by atoms with Crippen molar-refractivity contribution in [1.82, 2.24) is 4.90 Å². The second-order valence-electron chi connectivity index (χ2n) is 4.73. The largest absolute Gasteiger partial charge is 0.337 e. The summed E-state index contributed by atoms with van der Waals surface area (Å²) in [5, 5.41) is 0. The highest BCUT2D eigenvalue weighted by Crippen LogP contribution is 2.18. The summed E-state index contributed by atoms with van der Waals surface area (Å²) in [6, 6.07) is 1.93. The molecular weight excluding hydrogens is 238 g/mol. The first-order valence-electron chi connectivity index (χ1n) is 5.99. The van der Waals surface area contributed by atoms with Crippen LogP contribution in [0.5, 0.6) is 0 Å². The molecule has 0 aliphatic carbocycles. The van der Waals surface area contributed by atoms with E-state index in [1.54, 1.807) is 0 Å². The zero-order valence-electron chi connectivity index (χ0n) is 10.2. The fraction of sp³-hybridized carbons (Fsp3) is 0.462. The highest BCUT2D eigenvalue weighted by molar-refractivity contribution is 5.94. The minimum atomic E-state index is -0.682. The van der Waals surface area contributed by atoms with Gasteiger partial charge in [-0.15, -0.1) is 0 Å². The predicted molar refractivity (Wildman–Crippen MR) is 64.2 cm³/mol. The highest BCUT2D eigenvalue weighted by Gasteiger charge is 2.25. The summed E-state index contributed by atoms with van der Waals surface area (Å²) in [4.78, 5) is 13.6. The molecule has 1 aliphatic rings. The van der Waals surface area contributed by atoms with Crippen molar-refractivity contribution < 1.29 is 13.6 Å². The lowest BCUT2D eigenvalue weighted by atomic mass is 10.0. The number of rotatable bonds is 1. The summed E-state index contributed by atoms with van der Waals surface area (Å²) in [7, 11) is 0. The Hall–Kier alpha value is -1.49. The Morgan fingerprint density at radius 2 is 2.11 bits per heavy atom. The van der Waals surface area contributed by atoms with Gasteiger partial charge in [-0.25, -0.2) is 8.78 Å². The van der Waals surface area contributed by atoms with E-state index in [0.29, 0.717) is 13.1 Å². The van der Waals surface area contributed by atoms with E-state index in [4.69, 9.17) is 5.73 Å². The third-order valence-electron chi connectivity index (χ3n) is 3.22. The number of nitrogens with zero attached hydrogens (tertiary/aromatic N) is 1. The van der Waals surface area contributed by atoms with Crippen LogP contribution in [0.1, 0.15) is 28.8 Å². The lowest BCUT2D eigenvalue weighted by molar-refractivity contribution is 0.0703. The Bertz CT molecular complexity index is 476. The van der Waals surface area contributed by atoms with Crippen LogP contribution >= 0.6 is 0 Å². The molecule has 1 heterocycles. The minimum absolute atomic E-state index is 0.0824. The quantitative estimate of drug-likeness (QED) is 0.831. The van der Waals surface area contributed by atoms with E-state index in [1.807, 2.05) is 0 Å². The monoisotopic (exact) mass is 254 g/mol. The molecule has 2 rings (SSSR count). The Morgan fingerprint density at radius 1 is 1.39 bits per heavy atom. The molecule has 1 atom stereocenters. The first-order chi connectivity index (χ1) is 8.49. The first kappa shape index (κ1) is 13.0. The molecule has 2 N–H and O–H groups in total. The van der Waals surface area contributed by atoms with Crippen LogP contribution in [-0.2, 0) is 0 Å². The Morgan fingerprint density at radius 3 is 2.78 bits per heavy atom. The minimum Gasteiger partial charge on any atom is -0.337 e. The number of likely N-dealkylation sites (tertiary alicyclic amines) is 1. The van der Waals surface area contributed by atoms with E-state index < -0.39 is 17.5 Å². The molecular formula is C13H16F2N2O. The summed E-state index contributed by atoms with van der Waals surface area (Å²) < 4.78 is 27.1. The molecule has 0 bridgehead atoms. The van der Waals surface area contributed by atoms with Crippen LogP contribution in [0.4, 0.5) is 8.78 Å². The number of hydrogen-bond donors (Lipinski definition) is 1. The van der Waals surface area contributed by atoms with Gasteiger partial charge in [0, 0.05) is 19.1 Å². The second-order valence-corrected chi connectivity index (χ2v) is 4.73. The van der Waals surface area contributed by atoms with Gasteiger partial charge in [0.05, 0.1) is 5.56 Å². The van der Waals surface area contributed by atoms with Crippen LogP contribution in [0.3, 0.4) is 0 Å². The second kappa shape index (κ2) is 5.02. The van der Waals surface area contributed by atoms with E-state index in [0.717, 1.165) is 25.0 Å². The standard InChI is InChI=1S/C13H16F2N2O/c1-8-5-12(15)10(6-11(8)14)13(18)17-4-2-3-9(16)7-17/h5-6,9H,2-4,7,16H2,1H3/t9-/m0/s1. The third kappa shape index (κ3) is 2.51. The van der Waals surface area contributed by atoms with Gasteiger partial charge in [-0.3, -0.25) is 4.79 Å². The van der Waals surface area contributed by atoms with Crippen molar-refractivity contribution in [3.63, 3.8) is 0 Å². The molecule has 1 saturated heterocycles. The molecule has 1 fully saturated rings. The fourth-order valence-corrected chi connectivity index (χ4v) is 2.17. The molecule has 0 aromatic heterocycles. The predicted octanol–water partition coefficient (Wildman–Crippen LogP) is 1.84. The summed E-state index contributed by atoms with van der Waals surface area (Å²) >= 11 is 0. The average Bonchev–Trinajstić information content (AvgIpc) is 2.33. The number of carbonyl (C=O) groups is 1. The van der Waals surface area contributed by atoms with Crippen molar-refractivity contribution in [2.75, 3.05) is 13.1 Å². The maximum absolute atomic E-state index is 13.7. The number of amides is 1. The molecule has 18 heavy (non-hydrogen) atoms. The van der Waals surface area contributed by atoms with E-state index in [9.17, 15) is 13.6 Å². The first-order valence-corrected chi connectivity index (χ1v) is 5.99. The maximum atomic E-state index is 13.7. The zero-order valence-corrected chi connectivity index (χ0v) is 10.2. The van der Waals surface area contributed by atoms with Gasteiger partial charge in [0.25, 0.3) is 5.91 Å². The Kier molecular flexibility index (Phi) is 3.61. The molecule has 1 amide bonds. The molecule has 0 unspecified atom stereocenters. The highest BCUT2D eigenvalue weighted by atomic mass is 19.1. The molecule has 5 heteroatoms. The van der Waals surface area contributed by atoms with Crippen molar-refractivity contribution in [1.29, 1.82) is 0 Å². The molecule has 3 nitrogen and oxygen atoms in total. The van der Waals surface area contributed by atoms with Crippen LogP contribution in [0.15, 0.2) is 12.1 Å². The van der Waals surface area contributed by atoms with E-state index in [-0.39, 0.29) is 17.2 Å². The molecule has 1 aromatic carbocycles. The molecule has 0 saturated carbocycles. The molecule has 98 valence electrons. The molecule has 0 radical (unpaired) electrons. The SMILES string of the molecule is Cc1cc(F)c(C(=O)N2CCC[C@H](N)C2)cc1F. The molecule has 1 aliphatic heterocycles. The van der Waals surface area contributed by atoms with Crippen LogP contribution in [0.2, 0.25) is 0 Å². The van der Waals surface area contributed by atoms with Crippen LogP contribution in [-0.4, -0.2) is 29.9 Å². The lowest BCUT2D eigenvalue weighted by Gasteiger charge is -2.30. The van der Waals surface area contributed by atoms with Gasteiger partial charge in [-0.2, -0.15) is 0 Å². The van der Waals surface area contributed by atoms with Crippen LogP contribution in [0.25, 0.3) is 0 Å². The Balaban J connectivity index is 2.25. The lowest BCUT2D eigenvalue weighted by Crippen LogP contribution is -2.45. The number of halogens is 2. The molecule has 0 spiro atoms. The van der Waals surface area contributed by atoms with Crippen molar-refractivity contribution in [3.8, 4) is 0 Å². The van der Waals surface area contributed by atoms with Gasteiger partial charge in [0.1, 0.15) is 11.6 Å². The van der Waals surface area contributed by atoms with Gasteiger partial charge in [-0.1, -0.05) is 0 Å². The number of benzene rings is 1. The van der Waals surface area contributed by atoms with E-state index in [2.05, 4.69) is 0 Å². The van der Waals surface area contributed by atoms with E-state index >= 15 is 0 Å². The number of piperidine rings is 1. The topological polar surface area (TPSA) is 46.3 Å². The Labute approximate surface area is 105 Å². The zero-order chi connectivity index (χ0) is 13.3. The number of hydrogen-bond acceptors (Lipinski definition) is 2. The fourth-order valence-electron chi connectivity index (χ4n) is 2.17. The smallest absolute Gasteiger partial charge is 0.256 e.